The molecule has 21 heavy (non-hydrogen) atoms. The fourth-order valence-corrected chi connectivity index (χ4v) is 2.04. The van der Waals surface area contributed by atoms with Gasteiger partial charge in [-0.1, -0.05) is 23.8 Å². The van der Waals surface area contributed by atoms with Crippen molar-refractivity contribution in [1.82, 2.24) is 0 Å². The Labute approximate surface area is 123 Å². The fraction of sp³-hybridized carbons (Fsp3) is 0.188. The van der Waals surface area contributed by atoms with Gasteiger partial charge in [-0.25, -0.2) is 4.99 Å². The van der Waals surface area contributed by atoms with E-state index in [9.17, 15) is 0 Å². The molecule has 0 amide bonds. The van der Waals surface area contributed by atoms with Gasteiger partial charge in [0.2, 0.25) is 6.79 Å². The molecule has 3 N–H and O–H groups in total. The highest BCUT2D eigenvalue weighted by Gasteiger charge is 2.12. The van der Waals surface area contributed by atoms with Crippen LogP contribution in [0.15, 0.2) is 47.5 Å². The second-order valence-electron chi connectivity index (χ2n) is 4.88. The Kier molecular flexibility index (Phi) is 3.64. The number of fused-ring (bicyclic) bond motifs is 1. The van der Waals surface area contributed by atoms with Crippen LogP contribution in [0.2, 0.25) is 0 Å². The Morgan fingerprint density at radius 1 is 1.14 bits per heavy atom. The lowest BCUT2D eigenvalue weighted by Gasteiger charge is -2.06. The maximum absolute atomic E-state index is 5.89. The third-order valence-corrected chi connectivity index (χ3v) is 3.19. The van der Waals surface area contributed by atoms with E-state index in [2.05, 4.69) is 10.3 Å². The van der Waals surface area contributed by atoms with Crippen molar-refractivity contribution in [2.24, 2.45) is 10.7 Å². The van der Waals surface area contributed by atoms with Crippen molar-refractivity contribution in [3.05, 3.63) is 53.6 Å². The zero-order valence-electron chi connectivity index (χ0n) is 11.8. The summed E-state index contributed by atoms with van der Waals surface area (Å²) in [5.74, 6) is 1.91. The fourth-order valence-electron chi connectivity index (χ4n) is 2.04. The molecule has 5 nitrogen and oxygen atoms in total. The van der Waals surface area contributed by atoms with Crippen LogP contribution in [0.3, 0.4) is 0 Å². The number of anilines is 1. The molecule has 1 aliphatic rings. The molecule has 0 radical (unpaired) electrons. The SMILES string of the molecule is Cc1ccc(NC(N)=NCc2ccc3c(c2)OCO3)cc1. The number of hydrogen-bond acceptors (Lipinski definition) is 3. The third kappa shape index (κ3) is 3.25. The lowest BCUT2D eigenvalue weighted by molar-refractivity contribution is 0.174. The topological polar surface area (TPSA) is 68.9 Å². The van der Waals surface area contributed by atoms with Gasteiger partial charge in [-0.05, 0) is 36.8 Å². The molecule has 3 rings (SSSR count). The molecule has 1 heterocycles. The van der Waals surface area contributed by atoms with E-state index in [-0.39, 0.29) is 6.79 Å². The number of aryl methyl sites for hydroxylation is 1. The van der Waals surface area contributed by atoms with Gasteiger partial charge in [0.05, 0.1) is 6.54 Å². The van der Waals surface area contributed by atoms with E-state index in [0.717, 1.165) is 22.7 Å². The van der Waals surface area contributed by atoms with Gasteiger partial charge in [0, 0.05) is 5.69 Å². The van der Waals surface area contributed by atoms with Crippen LogP contribution in [-0.4, -0.2) is 12.8 Å². The van der Waals surface area contributed by atoms with Gasteiger partial charge >= 0.3 is 0 Å². The summed E-state index contributed by atoms with van der Waals surface area (Å²) < 4.78 is 10.6. The number of benzene rings is 2. The Morgan fingerprint density at radius 2 is 1.90 bits per heavy atom. The number of nitrogens with zero attached hydrogens (tertiary/aromatic N) is 1. The molecule has 108 valence electrons. The summed E-state index contributed by atoms with van der Waals surface area (Å²) in [4.78, 5) is 4.32. The van der Waals surface area contributed by atoms with E-state index < -0.39 is 0 Å². The van der Waals surface area contributed by atoms with Crippen molar-refractivity contribution < 1.29 is 9.47 Å². The minimum atomic E-state index is 0.277. The second-order valence-corrected chi connectivity index (χ2v) is 4.88. The van der Waals surface area contributed by atoms with Crippen LogP contribution in [0.25, 0.3) is 0 Å². The first-order valence-electron chi connectivity index (χ1n) is 6.73. The van der Waals surface area contributed by atoms with Crippen LogP contribution < -0.4 is 20.5 Å². The van der Waals surface area contributed by atoms with Crippen LogP contribution in [-0.2, 0) is 6.54 Å². The molecule has 0 aromatic heterocycles. The molecule has 2 aromatic rings. The minimum absolute atomic E-state index is 0.277. The Balaban J connectivity index is 1.63. The first-order valence-corrected chi connectivity index (χ1v) is 6.73. The number of nitrogens with one attached hydrogen (secondary N) is 1. The van der Waals surface area contributed by atoms with Crippen LogP contribution >= 0.6 is 0 Å². The molecule has 0 saturated heterocycles. The third-order valence-electron chi connectivity index (χ3n) is 3.19. The number of nitrogens with two attached hydrogens (primary N) is 1. The van der Waals surface area contributed by atoms with Crippen molar-refractivity contribution >= 4 is 11.6 Å². The van der Waals surface area contributed by atoms with Crippen LogP contribution in [0.4, 0.5) is 5.69 Å². The van der Waals surface area contributed by atoms with E-state index in [1.54, 1.807) is 0 Å². The molecule has 0 unspecified atom stereocenters. The number of guanidine groups is 1. The Hall–Kier alpha value is -2.69. The van der Waals surface area contributed by atoms with Gasteiger partial charge in [-0.15, -0.1) is 0 Å². The molecule has 0 fully saturated rings. The van der Waals surface area contributed by atoms with Gasteiger partial charge in [0.25, 0.3) is 0 Å². The van der Waals surface area contributed by atoms with Gasteiger partial charge in [0.15, 0.2) is 17.5 Å². The van der Waals surface area contributed by atoms with Gasteiger partial charge in [-0.3, -0.25) is 0 Å². The molecule has 2 aromatic carbocycles. The summed E-state index contributed by atoms with van der Waals surface area (Å²) >= 11 is 0. The average molecular weight is 283 g/mol. The van der Waals surface area contributed by atoms with Gasteiger partial charge in [0.1, 0.15) is 0 Å². The highest BCUT2D eigenvalue weighted by molar-refractivity contribution is 5.92. The molecule has 0 saturated carbocycles. The maximum Gasteiger partial charge on any atom is 0.231 e. The van der Waals surface area contributed by atoms with Gasteiger partial charge < -0.3 is 20.5 Å². The largest absolute Gasteiger partial charge is 0.454 e. The maximum atomic E-state index is 5.89. The molecular weight excluding hydrogens is 266 g/mol. The molecule has 1 aliphatic heterocycles. The predicted octanol–water partition coefficient (Wildman–Crippen LogP) is 2.65. The summed E-state index contributed by atoms with van der Waals surface area (Å²) in [6.07, 6.45) is 0. The van der Waals surface area contributed by atoms with Crippen molar-refractivity contribution in [3.8, 4) is 11.5 Å². The van der Waals surface area contributed by atoms with E-state index >= 15 is 0 Å². The number of ether oxygens (including phenoxy) is 2. The standard InChI is InChI=1S/C16H17N3O2/c1-11-2-5-13(6-3-11)19-16(17)18-9-12-4-7-14-15(8-12)21-10-20-14/h2-8H,9-10H2,1H3,(H3,17,18,19). The molecule has 0 bridgehead atoms. The smallest absolute Gasteiger partial charge is 0.231 e. The number of rotatable bonds is 3. The van der Waals surface area contributed by atoms with Crippen molar-refractivity contribution in [3.63, 3.8) is 0 Å². The van der Waals surface area contributed by atoms with E-state index in [1.165, 1.54) is 5.56 Å². The second kappa shape index (κ2) is 5.75. The summed E-state index contributed by atoms with van der Waals surface area (Å²) in [5.41, 5.74) is 9.04. The predicted molar refractivity (Wildman–Crippen MR) is 82.7 cm³/mol. The van der Waals surface area contributed by atoms with E-state index in [0.29, 0.717) is 12.5 Å². The normalized spacial score (nSPS) is 13.3. The molecule has 5 heteroatoms. The van der Waals surface area contributed by atoms with Crippen molar-refractivity contribution in [2.75, 3.05) is 12.1 Å². The minimum Gasteiger partial charge on any atom is -0.454 e. The number of hydrogen-bond donors (Lipinski definition) is 2. The highest BCUT2D eigenvalue weighted by Crippen LogP contribution is 2.32. The van der Waals surface area contributed by atoms with E-state index in [1.807, 2.05) is 49.4 Å². The lowest BCUT2D eigenvalue weighted by Crippen LogP contribution is -2.22. The Bertz CT molecular complexity index is 666. The van der Waals surface area contributed by atoms with E-state index in [4.69, 9.17) is 15.2 Å². The van der Waals surface area contributed by atoms with Crippen LogP contribution in [0.1, 0.15) is 11.1 Å². The summed E-state index contributed by atoms with van der Waals surface area (Å²) in [6, 6.07) is 13.7. The molecule has 0 aliphatic carbocycles. The van der Waals surface area contributed by atoms with Crippen LogP contribution in [0.5, 0.6) is 11.5 Å². The molecule has 0 spiro atoms. The first-order chi connectivity index (χ1) is 10.2. The highest BCUT2D eigenvalue weighted by atomic mass is 16.7. The zero-order valence-corrected chi connectivity index (χ0v) is 11.8. The lowest BCUT2D eigenvalue weighted by atomic mass is 10.2. The monoisotopic (exact) mass is 283 g/mol. The summed E-state index contributed by atoms with van der Waals surface area (Å²) in [5, 5.41) is 3.06. The quantitative estimate of drug-likeness (QED) is 0.671. The summed E-state index contributed by atoms with van der Waals surface area (Å²) in [7, 11) is 0. The first kappa shape index (κ1) is 13.3. The van der Waals surface area contributed by atoms with Crippen molar-refractivity contribution in [1.29, 1.82) is 0 Å². The molecule has 0 atom stereocenters. The van der Waals surface area contributed by atoms with Gasteiger partial charge in [-0.2, -0.15) is 0 Å². The number of aliphatic imine (C=N–C) groups is 1. The van der Waals surface area contributed by atoms with Crippen molar-refractivity contribution in [2.45, 2.75) is 13.5 Å². The average Bonchev–Trinajstić information content (AvgIpc) is 2.95. The molecular formula is C16H17N3O2. The van der Waals surface area contributed by atoms with Crippen LogP contribution in [0, 0.1) is 6.92 Å². The Morgan fingerprint density at radius 3 is 2.71 bits per heavy atom. The summed E-state index contributed by atoms with van der Waals surface area (Å²) in [6.45, 7) is 2.81. The zero-order chi connectivity index (χ0) is 14.7.